The largest absolute Gasteiger partial charge is 0.374 e. The molecule has 1 rings (SSSR count). The predicted molar refractivity (Wildman–Crippen MR) is 67.0 cm³/mol. The van der Waals surface area contributed by atoms with Crippen LogP contribution in [0.5, 0.6) is 0 Å². The first-order valence-electron chi connectivity index (χ1n) is 6.56. The summed E-state index contributed by atoms with van der Waals surface area (Å²) >= 11 is 0. The molecule has 2 unspecified atom stereocenters. The monoisotopic (exact) mass is 229 g/mol. The van der Waals surface area contributed by atoms with Crippen LogP contribution in [-0.2, 0) is 4.74 Å². The van der Waals surface area contributed by atoms with Gasteiger partial charge in [-0.2, -0.15) is 0 Å². The van der Waals surface area contributed by atoms with Gasteiger partial charge >= 0.3 is 0 Å². The Morgan fingerprint density at radius 2 is 2.06 bits per heavy atom. The number of nitrogens with two attached hydrogens (primary N) is 1. The Hall–Kier alpha value is -0.160. The minimum atomic E-state index is 0.239. The number of ether oxygens (including phenoxy) is 1. The van der Waals surface area contributed by atoms with Gasteiger partial charge < -0.3 is 4.74 Å². The summed E-state index contributed by atoms with van der Waals surface area (Å²) in [5.74, 6) is 6.30. The van der Waals surface area contributed by atoms with Gasteiger partial charge in [0.25, 0.3) is 0 Å². The van der Waals surface area contributed by atoms with Crippen molar-refractivity contribution in [1.29, 1.82) is 0 Å². The van der Waals surface area contributed by atoms with Gasteiger partial charge in [-0.15, -0.1) is 0 Å². The topological polar surface area (TPSA) is 50.5 Å². The van der Waals surface area contributed by atoms with E-state index >= 15 is 0 Å². The van der Waals surface area contributed by atoms with Crippen LogP contribution in [-0.4, -0.2) is 43.3 Å². The Kier molecular flexibility index (Phi) is 6.28. The smallest absolute Gasteiger partial charge is 0.0871 e. The molecule has 1 heterocycles. The second-order valence-electron chi connectivity index (χ2n) is 4.57. The minimum absolute atomic E-state index is 0.239. The van der Waals surface area contributed by atoms with Gasteiger partial charge in [0.1, 0.15) is 0 Å². The molecule has 1 aliphatic heterocycles. The molecule has 3 N–H and O–H groups in total. The Bertz CT molecular complexity index is 185. The van der Waals surface area contributed by atoms with Crippen molar-refractivity contribution in [2.24, 2.45) is 11.8 Å². The summed E-state index contributed by atoms with van der Waals surface area (Å²) in [6.07, 6.45) is 2.54. The highest BCUT2D eigenvalue weighted by molar-refractivity contribution is 4.85. The second kappa shape index (κ2) is 7.22. The van der Waals surface area contributed by atoms with Crippen molar-refractivity contribution in [3.63, 3.8) is 0 Å². The molecule has 1 aliphatic rings. The fourth-order valence-electron chi connectivity index (χ4n) is 2.58. The fraction of sp³-hybridized carbons (Fsp3) is 1.00. The number of hydrazine groups is 1. The summed E-state index contributed by atoms with van der Waals surface area (Å²) in [7, 11) is 0. The molecule has 0 aromatic heterocycles. The first kappa shape index (κ1) is 13.9. The zero-order chi connectivity index (χ0) is 12.0. The molecular formula is C12H27N3O. The Labute approximate surface area is 99.5 Å². The van der Waals surface area contributed by atoms with Crippen molar-refractivity contribution in [3.8, 4) is 0 Å². The fourth-order valence-corrected chi connectivity index (χ4v) is 2.58. The van der Waals surface area contributed by atoms with Gasteiger partial charge in [-0.1, -0.05) is 33.6 Å². The van der Waals surface area contributed by atoms with Crippen LogP contribution in [0.15, 0.2) is 0 Å². The molecule has 1 saturated heterocycles. The quantitative estimate of drug-likeness (QED) is 0.526. The van der Waals surface area contributed by atoms with Gasteiger partial charge in [0.15, 0.2) is 0 Å². The molecule has 0 amide bonds. The van der Waals surface area contributed by atoms with E-state index in [0.29, 0.717) is 5.92 Å². The van der Waals surface area contributed by atoms with Gasteiger partial charge in [0, 0.05) is 13.1 Å². The van der Waals surface area contributed by atoms with E-state index in [9.17, 15) is 0 Å². The maximum absolute atomic E-state index is 5.86. The molecule has 96 valence electrons. The number of morpholine rings is 1. The van der Waals surface area contributed by atoms with Crippen LogP contribution in [0.1, 0.15) is 33.6 Å². The van der Waals surface area contributed by atoms with E-state index in [1.54, 1.807) is 0 Å². The van der Waals surface area contributed by atoms with Crippen LogP contribution < -0.4 is 11.3 Å². The van der Waals surface area contributed by atoms with Crippen LogP contribution in [0.3, 0.4) is 0 Å². The number of likely N-dealkylation sites (N-methyl/N-ethyl adjacent to an activating group) is 1. The molecule has 0 aliphatic carbocycles. The molecule has 0 radical (unpaired) electrons. The number of nitrogens with zero attached hydrogens (tertiary/aromatic N) is 1. The van der Waals surface area contributed by atoms with E-state index in [1.807, 2.05) is 0 Å². The lowest BCUT2D eigenvalue weighted by Crippen LogP contribution is -2.56. The molecule has 0 spiro atoms. The summed E-state index contributed by atoms with van der Waals surface area (Å²) in [5.41, 5.74) is 2.97. The standard InChI is InChI=1S/C12H27N3O/c1-4-10(5-2)12(14-13)11-9-15(6-3)7-8-16-11/h10-12,14H,4-9,13H2,1-3H3. The van der Waals surface area contributed by atoms with E-state index < -0.39 is 0 Å². The van der Waals surface area contributed by atoms with Gasteiger partial charge in [0.05, 0.1) is 18.8 Å². The zero-order valence-electron chi connectivity index (χ0n) is 10.9. The van der Waals surface area contributed by atoms with Crippen LogP contribution >= 0.6 is 0 Å². The summed E-state index contributed by atoms with van der Waals surface area (Å²) < 4.78 is 5.86. The van der Waals surface area contributed by atoms with E-state index in [-0.39, 0.29) is 12.1 Å². The van der Waals surface area contributed by atoms with E-state index in [1.165, 1.54) is 0 Å². The summed E-state index contributed by atoms with van der Waals surface area (Å²) in [6, 6.07) is 0.282. The van der Waals surface area contributed by atoms with E-state index in [2.05, 4.69) is 31.1 Å². The molecule has 1 fully saturated rings. The molecule has 0 aromatic rings. The summed E-state index contributed by atoms with van der Waals surface area (Å²) in [4.78, 5) is 2.43. The molecule has 4 heteroatoms. The number of hydrogen-bond acceptors (Lipinski definition) is 4. The third-order valence-electron chi connectivity index (χ3n) is 3.77. The average molecular weight is 229 g/mol. The summed E-state index contributed by atoms with van der Waals surface area (Å²) in [6.45, 7) is 10.6. The molecule has 0 bridgehead atoms. The molecule has 2 atom stereocenters. The normalized spacial score (nSPS) is 24.9. The van der Waals surface area contributed by atoms with Crippen molar-refractivity contribution < 1.29 is 4.74 Å². The van der Waals surface area contributed by atoms with Crippen molar-refractivity contribution in [2.45, 2.75) is 45.8 Å². The third-order valence-corrected chi connectivity index (χ3v) is 3.77. The average Bonchev–Trinajstić information content (AvgIpc) is 2.35. The zero-order valence-corrected chi connectivity index (χ0v) is 10.9. The van der Waals surface area contributed by atoms with Crippen molar-refractivity contribution in [2.75, 3.05) is 26.2 Å². The van der Waals surface area contributed by atoms with Crippen LogP contribution in [0, 0.1) is 5.92 Å². The van der Waals surface area contributed by atoms with Crippen molar-refractivity contribution >= 4 is 0 Å². The third kappa shape index (κ3) is 3.42. The molecule has 0 aromatic carbocycles. The first-order chi connectivity index (χ1) is 7.76. The highest BCUT2D eigenvalue weighted by Gasteiger charge is 2.31. The highest BCUT2D eigenvalue weighted by atomic mass is 16.5. The Balaban J connectivity index is 2.57. The van der Waals surface area contributed by atoms with Gasteiger partial charge in [0.2, 0.25) is 0 Å². The number of nitrogens with one attached hydrogen (secondary N) is 1. The van der Waals surface area contributed by atoms with Crippen LogP contribution in [0.2, 0.25) is 0 Å². The second-order valence-corrected chi connectivity index (χ2v) is 4.57. The molecule has 16 heavy (non-hydrogen) atoms. The molecular weight excluding hydrogens is 202 g/mol. The maximum Gasteiger partial charge on any atom is 0.0871 e. The SMILES string of the molecule is CCC(CC)C(NN)C1CN(CC)CCO1. The van der Waals surface area contributed by atoms with E-state index in [0.717, 1.165) is 39.1 Å². The van der Waals surface area contributed by atoms with Crippen LogP contribution in [0.25, 0.3) is 0 Å². The minimum Gasteiger partial charge on any atom is -0.374 e. The first-order valence-corrected chi connectivity index (χ1v) is 6.56. The Morgan fingerprint density at radius 1 is 1.38 bits per heavy atom. The number of hydrogen-bond donors (Lipinski definition) is 2. The maximum atomic E-state index is 5.86. The summed E-state index contributed by atoms with van der Waals surface area (Å²) in [5, 5.41) is 0. The van der Waals surface area contributed by atoms with Crippen molar-refractivity contribution in [1.82, 2.24) is 10.3 Å². The number of rotatable bonds is 6. The highest BCUT2D eigenvalue weighted by Crippen LogP contribution is 2.20. The van der Waals surface area contributed by atoms with Gasteiger partial charge in [-0.25, -0.2) is 0 Å². The van der Waals surface area contributed by atoms with Gasteiger partial charge in [-0.3, -0.25) is 16.2 Å². The molecule has 0 saturated carbocycles. The lowest BCUT2D eigenvalue weighted by atomic mass is 9.90. The lowest BCUT2D eigenvalue weighted by molar-refractivity contribution is -0.0558. The Morgan fingerprint density at radius 3 is 2.56 bits per heavy atom. The van der Waals surface area contributed by atoms with Crippen molar-refractivity contribution in [3.05, 3.63) is 0 Å². The molecule has 4 nitrogen and oxygen atoms in total. The predicted octanol–water partition coefficient (Wildman–Crippen LogP) is 0.975. The van der Waals surface area contributed by atoms with Crippen LogP contribution in [0.4, 0.5) is 0 Å². The van der Waals surface area contributed by atoms with Gasteiger partial charge in [-0.05, 0) is 12.5 Å². The lowest BCUT2D eigenvalue weighted by Gasteiger charge is -2.39. The van der Waals surface area contributed by atoms with E-state index in [4.69, 9.17) is 10.6 Å².